The molecule has 0 unspecified atom stereocenters. The quantitative estimate of drug-likeness (QED) is 0.0594. The highest BCUT2D eigenvalue weighted by Gasteiger charge is 2.43. The molecule has 1 aliphatic rings. The van der Waals surface area contributed by atoms with Crippen molar-refractivity contribution < 1.29 is 9.59 Å². The second kappa shape index (κ2) is 18.6. The van der Waals surface area contributed by atoms with E-state index in [0.29, 0.717) is 0 Å². The second-order valence-electron chi connectivity index (χ2n) is 17.7. The lowest BCUT2D eigenvalue weighted by atomic mass is 9.68. The van der Waals surface area contributed by atoms with E-state index >= 15 is 0 Å². The van der Waals surface area contributed by atoms with Crippen LogP contribution in [0, 0.1) is 0 Å². The molecule has 1 aliphatic carbocycles. The van der Waals surface area contributed by atoms with Gasteiger partial charge in [0.05, 0.1) is 0 Å². The zero-order valence-electron chi connectivity index (χ0n) is 35.3. The summed E-state index contributed by atoms with van der Waals surface area (Å²) in [5, 5.41) is 0. The Bertz CT molecular complexity index is 1720. The first-order chi connectivity index (χ1) is 26.4. The first-order valence-corrected chi connectivity index (χ1v) is 21.2. The highest BCUT2D eigenvalue weighted by Crippen LogP contribution is 2.56. The average Bonchev–Trinajstić information content (AvgIpc) is 3.48. The number of carbonyl (C=O) groups excluding carboxylic acids is 2. The largest absolute Gasteiger partial charge is 0.375 e. The number of aldehydes is 2. The smallest absolute Gasteiger partial charge is 0.150 e. The predicted molar refractivity (Wildman–Crippen MR) is 236 cm³/mol. The molecule has 4 nitrogen and oxygen atoms in total. The summed E-state index contributed by atoms with van der Waals surface area (Å²) in [6.07, 6.45) is 16.0. The Hall–Kier alpha value is -4.18. The number of hydrogen-bond acceptors (Lipinski definition) is 4. The predicted octanol–water partition coefficient (Wildman–Crippen LogP) is 13.1. The van der Waals surface area contributed by atoms with Gasteiger partial charge < -0.3 is 9.80 Å². The SMILES string of the molecule is CCC(C)(C)c1ccc2c(c1)C(CCCCCCN(C)c1ccc(C=O)cc1)(CCCCCCN(C)c1ccc(C=O)cc1)c1cc(C(C)(C)CC)ccc1-2. The molecule has 0 saturated heterocycles. The van der Waals surface area contributed by atoms with Gasteiger partial charge in [-0.1, -0.05) is 116 Å². The molecule has 0 aliphatic heterocycles. The van der Waals surface area contributed by atoms with Crippen LogP contribution in [0.5, 0.6) is 0 Å². The van der Waals surface area contributed by atoms with Crippen molar-refractivity contribution >= 4 is 23.9 Å². The van der Waals surface area contributed by atoms with Gasteiger partial charge in [0.15, 0.2) is 0 Å². The third kappa shape index (κ3) is 9.80. The Kier molecular flexibility index (Phi) is 14.2. The maximum atomic E-state index is 11.1. The van der Waals surface area contributed by atoms with Gasteiger partial charge in [0.25, 0.3) is 0 Å². The number of unbranched alkanes of at least 4 members (excludes halogenated alkanes) is 6. The number of hydrogen-bond donors (Lipinski definition) is 0. The fourth-order valence-corrected chi connectivity index (χ4v) is 8.54. The average molecular weight is 741 g/mol. The summed E-state index contributed by atoms with van der Waals surface area (Å²) in [6.45, 7) is 16.3. The lowest BCUT2D eigenvalue weighted by Crippen LogP contribution is -2.27. The Balaban J connectivity index is 1.35. The Morgan fingerprint density at radius 3 is 1.22 bits per heavy atom. The summed E-state index contributed by atoms with van der Waals surface area (Å²) < 4.78 is 0. The molecular formula is C51H68N2O2. The summed E-state index contributed by atoms with van der Waals surface area (Å²) in [6, 6.07) is 30.8. The number of nitrogens with zero attached hydrogens (tertiary/aromatic N) is 2. The molecular weight excluding hydrogens is 673 g/mol. The third-order valence-corrected chi connectivity index (χ3v) is 13.3. The number of carbonyl (C=O) groups is 2. The van der Waals surface area contributed by atoms with E-state index < -0.39 is 0 Å². The molecule has 0 fully saturated rings. The van der Waals surface area contributed by atoms with Gasteiger partial charge in [-0.2, -0.15) is 0 Å². The van der Waals surface area contributed by atoms with Crippen LogP contribution in [0.25, 0.3) is 11.1 Å². The molecule has 0 atom stereocenters. The van der Waals surface area contributed by atoms with E-state index in [4.69, 9.17) is 0 Å². The van der Waals surface area contributed by atoms with E-state index in [9.17, 15) is 9.59 Å². The van der Waals surface area contributed by atoms with Gasteiger partial charge in [0.2, 0.25) is 0 Å². The molecule has 0 saturated carbocycles. The van der Waals surface area contributed by atoms with E-state index in [1.807, 2.05) is 24.3 Å². The lowest BCUT2D eigenvalue weighted by molar-refractivity contribution is 0.111. The van der Waals surface area contributed by atoms with Crippen LogP contribution in [0.4, 0.5) is 11.4 Å². The first-order valence-electron chi connectivity index (χ1n) is 21.2. The van der Waals surface area contributed by atoms with E-state index in [1.165, 1.54) is 85.0 Å². The molecule has 55 heavy (non-hydrogen) atoms. The van der Waals surface area contributed by atoms with Crippen LogP contribution in [0.3, 0.4) is 0 Å². The van der Waals surface area contributed by atoms with Gasteiger partial charge in [-0.3, -0.25) is 9.59 Å². The first kappa shape index (κ1) is 42.0. The van der Waals surface area contributed by atoms with Gasteiger partial charge in [-0.15, -0.1) is 0 Å². The minimum atomic E-state index is 0.0125. The number of anilines is 2. The van der Waals surface area contributed by atoms with Crippen LogP contribution < -0.4 is 9.80 Å². The normalized spacial score (nSPS) is 13.3. The highest BCUT2D eigenvalue weighted by molar-refractivity contribution is 5.82. The fraction of sp³-hybridized carbons (Fsp3) is 0.490. The maximum Gasteiger partial charge on any atom is 0.150 e. The fourth-order valence-electron chi connectivity index (χ4n) is 8.54. The molecule has 5 rings (SSSR count). The van der Waals surface area contributed by atoms with Crippen LogP contribution in [-0.4, -0.2) is 39.8 Å². The van der Waals surface area contributed by atoms with Crippen LogP contribution >= 0.6 is 0 Å². The Morgan fingerprint density at radius 2 is 0.873 bits per heavy atom. The van der Waals surface area contributed by atoms with E-state index in [0.717, 1.165) is 62.5 Å². The van der Waals surface area contributed by atoms with Crippen molar-refractivity contribution in [2.75, 3.05) is 37.0 Å². The highest BCUT2D eigenvalue weighted by atomic mass is 16.1. The Labute approximate surface area is 333 Å². The summed E-state index contributed by atoms with van der Waals surface area (Å²) in [5.41, 5.74) is 13.0. The zero-order valence-corrected chi connectivity index (χ0v) is 35.3. The van der Waals surface area contributed by atoms with Gasteiger partial charge >= 0.3 is 0 Å². The molecule has 0 N–H and O–H groups in total. The minimum Gasteiger partial charge on any atom is -0.375 e. The van der Waals surface area contributed by atoms with E-state index in [1.54, 1.807) is 11.1 Å². The van der Waals surface area contributed by atoms with Gasteiger partial charge in [0.1, 0.15) is 12.6 Å². The van der Waals surface area contributed by atoms with E-state index in [-0.39, 0.29) is 16.2 Å². The van der Waals surface area contributed by atoms with Gasteiger partial charge in [-0.25, -0.2) is 0 Å². The molecule has 0 amide bonds. The van der Waals surface area contributed by atoms with Crippen molar-refractivity contribution in [2.24, 2.45) is 0 Å². The maximum absolute atomic E-state index is 11.1. The number of benzene rings is 4. The summed E-state index contributed by atoms with van der Waals surface area (Å²) in [7, 11) is 4.32. The van der Waals surface area contributed by atoms with Crippen molar-refractivity contribution in [3.05, 3.63) is 118 Å². The molecule has 0 aromatic heterocycles. The zero-order chi connectivity index (χ0) is 39.6. The molecule has 0 heterocycles. The van der Waals surface area contributed by atoms with Crippen LogP contribution in [0.2, 0.25) is 0 Å². The summed E-state index contributed by atoms with van der Waals surface area (Å²) in [5.74, 6) is 0. The number of rotatable bonds is 22. The van der Waals surface area contributed by atoms with Crippen molar-refractivity contribution in [1.82, 2.24) is 0 Å². The van der Waals surface area contributed by atoms with Crippen LogP contribution in [-0.2, 0) is 16.2 Å². The molecule has 294 valence electrons. The summed E-state index contributed by atoms with van der Waals surface area (Å²) in [4.78, 5) is 26.9. The topological polar surface area (TPSA) is 40.6 Å². The van der Waals surface area contributed by atoms with Crippen molar-refractivity contribution in [1.29, 1.82) is 0 Å². The third-order valence-electron chi connectivity index (χ3n) is 13.3. The van der Waals surface area contributed by atoms with Crippen molar-refractivity contribution in [2.45, 2.75) is 135 Å². The van der Waals surface area contributed by atoms with Crippen molar-refractivity contribution in [3.8, 4) is 11.1 Å². The van der Waals surface area contributed by atoms with Crippen molar-refractivity contribution in [3.63, 3.8) is 0 Å². The lowest BCUT2D eigenvalue weighted by Gasteiger charge is -2.35. The second-order valence-corrected chi connectivity index (χ2v) is 17.7. The standard InChI is InChI=1S/C51H68N2O2/c1-9-49(3,4)41-23-29-45-46-30-24-42(50(5,6)10-2)36-48(46)51(47(45)35-41,31-15-11-13-17-33-52(7)43-25-19-39(37-54)20-26-43)32-16-12-14-18-34-53(8)44-27-21-40(38-55)22-28-44/h19-30,35-38H,9-18,31-34H2,1-8H3. The molecule has 4 aromatic rings. The molecule has 0 bridgehead atoms. The minimum absolute atomic E-state index is 0.0125. The van der Waals surface area contributed by atoms with Gasteiger partial charge in [0, 0.05) is 55.1 Å². The Morgan fingerprint density at radius 1 is 0.509 bits per heavy atom. The molecule has 4 heteroatoms. The molecule has 4 aromatic carbocycles. The molecule has 0 radical (unpaired) electrons. The summed E-state index contributed by atoms with van der Waals surface area (Å²) >= 11 is 0. The monoisotopic (exact) mass is 741 g/mol. The van der Waals surface area contributed by atoms with Crippen LogP contribution in [0.1, 0.15) is 162 Å². The number of fused-ring (bicyclic) bond motifs is 3. The van der Waals surface area contributed by atoms with E-state index in [2.05, 4.69) is 126 Å². The van der Waals surface area contributed by atoms with Crippen LogP contribution in [0.15, 0.2) is 84.9 Å². The molecule has 0 spiro atoms. The van der Waals surface area contributed by atoms with Gasteiger partial charge in [-0.05, 0) is 131 Å².